The molecule has 0 aliphatic heterocycles. The molecule has 2 aromatic rings. The number of nitrogens with one attached hydrogen (secondary N) is 1. The molecule has 0 spiro atoms. The van der Waals surface area contributed by atoms with Crippen LogP contribution in [0.5, 0.6) is 0 Å². The average molecular weight is 415 g/mol. The largest absolute Gasteiger partial charge is 0.420 e. The third-order valence-electron chi connectivity index (χ3n) is 5.30. The Morgan fingerprint density at radius 2 is 1.43 bits per heavy atom. The third kappa shape index (κ3) is 9.55. The molecule has 0 saturated heterocycles. The maximum absolute atomic E-state index is 7.48. The zero-order valence-electron chi connectivity index (χ0n) is 19.5. The third-order valence-corrected chi connectivity index (χ3v) is 5.30. The van der Waals surface area contributed by atoms with E-state index in [2.05, 4.69) is 29.3 Å². The van der Waals surface area contributed by atoms with Crippen LogP contribution in [0.2, 0.25) is 0 Å². The van der Waals surface area contributed by atoms with Gasteiger partial charge in [-0.15, -0.1) is 10.2 Å². The van der Waals surface area contributed by atoms with Crippen molar-refractivity contribution in [2.24, 2.45) is 5.73 Å². The van der Waals surface area contributed by atoms with Crippen molar-refractivity contribution in [3.8, 4) is 11.5 Å². The number of amidine groups is 1. The first-order chi connectivity index (χ1) is 14.6. The molecule has 1 atom stereocenters. The van der Waals surface area contributed by atoms with Crippen LogP contribution in [0.15, 0.2) is 28.7 Å². The Labute approximate surface area is 183 Å². The Morgan fingerprint density at radius 3 is 1.97 bits per heavy atom. The van der Waals surface area contributed by atoms with E-state index in [1.807, 2.05) is 26.0 Å². The zero-order chi connectivity index (χ0) is 22.2. The molecule has 1 heterocycles. The SMILES string of the molecule is CC.CCCCCCCCCCCCc1ccc(-c2nnc(C(C)C(=N)N)o2)cc1. The van der Waals surface area contributed by atoms with Crippen LogP contribution in [-0.4, -0.2) is 16.0 Å². The Bertz CT molecular complexity index is 693. The number of aromatic nitrogens is 2. The van der Waals surface area contributed by atoms with Gasteiger partial charge in [0.05, 0.1) is 5.92 Å². The lowest BCUT2D eigenvalue weighted by Gasteiger charge is -2.04. The smallest absolute Gasteiger partial charge is 0.247 e. The summed E-state index contributed by atoms with van der Waals surface area (Å²) < 4.78 is 5.66. The highest BCUT2D eigenvalue weighted by Crippen LogP contribution is 2.22. The summed E-state index contributed by atoms with van der Waals surface area (Å²) in [6, 6.07) is 8.34. The Morgan fingerprint density at radius 1 is 0.900 bits per heavy atom. The normalized spacial score (nSPS) is 11.6. The molecule has 0 bridgehead atoms. The lowest BCUT2D eigenvalue weighted by molar-refractivity contribution is 0.500. The summed E-state index contributed by atoms with van der Waals surface area (Å²) in [5.74, 6) is 0.546. The Hall–Kier alpha value is -2.17. The van der Waals surface area contributed by atoms with E-state index in [0.717, 1.165) is 12.0 Å². The minimum Gasteiger partial charge on any atom is -0.420 e. The fourth-order valence-electron chi connectivity index (χ4n) is 3.29. The molecular formula is C25H42N4O. The summed E-state index contributed by atoms with van der Waals surface area (Å²) in [6.45, 7) is 8.06. The van der Waals surface area contributed by atoms with Crippen molar-refractivity contribution in [2.75, 3.05) is 0 Å². The molecule has 0 radical (unpaired) electrons. The van der Waals surface area contributed by atoms with Gasteiger partial charge in [0.2, 0.25) is 11.8 Å². The number of hydrogen-bond donors (Lipinski definition) is 2. The molecule has 3 N–H and O–H groups in total. The lowest BCUT2D eigenvalue weighted by atomic mass is 10.0. The predicted molar refractivity (Wildman–Crippen MR) is 127 cm³/mol. The molecule has 0 aliphatic rings. The number of aryl methyl sites for hydroxylation is 1. The number of nitrogens with two attached hydrogens (primary N) is 1. The van der Waals surface area contributed by atoms with Crippen LogP contribution in [0.4, 0.5) is 0 Å². The molecule has 30 heavy (non-hydrogen) atoms. The minimum atomic E-state index is -0.350. The van der Waals surface area contributed by atoms with Gasteiger partial charge in [0, 0.05) is 5.56 Å². The number of nitrogens with zero attached hydrogens (tertiary/aromatic N) is 2. The van der Waals surface area contributed by atoms with E-state index in [0.29, 0.717) is 11.8 Å². The van der Waals surface area contributed by atoms with Crippen molar-refractivity contribution < 1.29 is 4.42 Å². The monoisotopic (exact) mass is 414 g/mol. The summed E-state index contributed by atoms with van der Waals surface area (Å²) in [4.78, 5) is 0. The van der Waals surface area contributed by atoms with Gasteiger partial charge in [0.1, 0.15) is 5.84 Å². The van der Waals surface area contributed by atoms with Crippen LogP contribution in [0.25, 0.3) is 11.5 Å². The highest BCUT2D eigenvalue weighted by Gasteiger charge is 2.17. The van der Waals surface area contributed by atoms with Crippen LogP contribution < -0.4 is 5.73 Å². The van der Waals surface area contributed by atoms with Crippen LogP contribution >= 0.6 is 0 Å². The molecule has 5 nitrogen and oxygen atoms in total. The number of rotatable bonds is 14. The van der Waals surface area contributed by atoms with Gasteiger partial charge in [0.25, 0.3) is 0 Å². The maximum Gasteiger partial charge on any atom is 0.247 e. The predicted octanol–water partition coefficient (Wildman–Crippen LogP) is 7.27. The van der Waals surface area contributed by atoms with Crippen molar-refractivity contribution in [1.29, 1.82) is 5.41 Å². The zero-order valence-corrected chi connectivity index (χ0v) is 19.5. The first-order valence-electron chi connectivity index (χ1n) is 11.9. The molecular weight excluding hydrogens is 372 g/mol. The van der Waals surface area contributed by atoms with Crippen molar-refractivity contribution >= 4 is 5.84 Å². The average Bonchev–Trinajstić information content (AvgIpc) is 3.26. The van der Waals surface area contributed by atoms with Gasteiger partial charge in [-0.3, -0.25) is 5.41 Å². The molecule has 0 amide bonds. The first kappa shape index (κ1) is 25.9. The van der Waals surface area contributed by atoms with E-state index >= 15 is 0 Å². The number of hydrogen-bond acceptors (Lipinski definition) is 4. The van der Waals surface area contributed by atoms with Gasteiger partial charge in [-0.05, 0) is 37.5 Å². The number of unbranched alkanes of at least 4 members (excludes halogenated alkanes) is 9. The fraction of sp³-hybridized carbons (Fsp3) is 0.640. The van der Waals surface area contributed by atoms with Crippen LogP contribution in [0.1, 0.15) is 109 Å². The van der Waals surface area contributed by atoms with Crippen molar-refractivity contribution in [3.05, 3.63) is 35.7 Å². The molecule has 0 fully saturated rings. The Balaban J connectivity index is 0.00000218. The van der Waals surface area contributed by atoms with Crippen molar-refractivity contribution in [2.45, 2.75) is 104 Å². The molecule has 2 rings (SSSR count). The van der Waals surface area contributed by atoms with Crippen LogP contribution in [0, 0.1) is 5.41 Å². The van der Waals surface area contributed by atoms with E-state index in [-0.39, 0.29) is 11.8 Å². The van der Waals surface area contributed by atoms with Gasteiger partial charge >= 0.3 is 0 Å². The summed E-state index contributed by atoms with van der Waals surface area (Å²) in [5, 5.41) is 15.6. The standard InChI is InChI=1S/C23H36N4O.C2H6/c1-3-4-5-6-7-8-9-10-11-12-13-19-14-16-20(17-15-19)23-27-26-22(28-23)18(2)21(24)25;1-2/h14-18H,3-13H2,1-2H3,(H3,24,25);1-2H3. The molecule has 168 valence electrons. The molecule has 5 heteroatoms. The molecule has 0 saturated carbocycles. The Kier molecular flexibility index (Phi) is 13.5. The van der Waals surface area contributed by atoms with Gasteiger partial charge in [-0.2, -0.15) is 0 Å². The van der Waals surface area contributed by atoms with Gasteiger partial charge < -0.3 is 10.2 Å². The van der Waals surface area contributed by atoms with Gasteiger partial charge in [0.15, 0.2) is 0 Å². The van der Waals surface area contributed by atoms with Crippen molar-refractivity contribution in [1.82, 2.24) is 10.2 Å². The van der Waals surface area contributed by atoms with Gasteiger partial charge in [-0.25, -0.2) is 0 Å². The minimum absolute atomic E-state index is 0.0297. The molecule has 1 aromatic heterocycles. The summed E-state index contributed by atoms with van der Waals surface area (Å²) in [5.41, 5.74) is 7.75. The lowest BCUT2D eigenvalue weighted by Crippen LogP contribution is -2.18. The number of benzene rings is 1. The van der Waals surface area contributed by atoms with Crippen LogP contribution in [0.3, 0.4) is 0 Å². The van der Waals surface area contributed by atoms with Crippen LogP contribution in [-0.2, 0) is 6.42 Å². The second-order valence-electron chi connectivity index (χ2n) is 7.75. The second kappa shape index (κ2) is 15.6. The van der Waals surface area contributed by atoms with E-state index in [1.165, 1.54) is 69.8 Å². The van der Waals surface area contributed by atoms with E-state index in [1.54, 1.807) is 6.92 Å². The highest BCUT2D eigenvalue weighted by atomic mass is 16.4. The molecule has 1 aromatic carbocycles. The summed E-state index contributed by atoms with van der Waals surface area (Å²) in [7, 11) is 0. The maximum atomic E-state index is 7.48. The fourth-order valence-corrected chi connectivity index (χ4v) is 3.29. The van der Waals surface area contributed by atoms with Crippen molar-refractivity contribution in [3.63, 3.8) is 0 Å². The quantitative estimate of drug-likeness (QED) is 0.193. The topological polar surface area (TPSA) is 88.8 Å². The first-order valence-corrected chi connectivity index (χ1v) is 11.9. The van der Waals surface area contributed by atoms with Gasteiger partial charge in [-0.1, -0.05) is 90.7 Å². The summed E-state index contributed by atoms with van der Waals surface area (Å²) >= 11 is 0. The van der Waals surface area contributed by atoms with E-state index in [9.17, 15) is 0 Å². The molecule has 1 unspecified atom stereocenters. The summed E-state index contributed by atoms with van der Waals surface area (Å²) in [6.07, 6.45) is 14.8. The second-order valence-corrected chi connectivity index (χ2v) is 7.75. The van der Waals surface area contributed by atoms with E-state index in [4.69, 9.17) is 15.6 Å². The highest BCUT2D eigenvalue weighted by molar-refractivity contribution is 5.83. The molecule has 0 aliphatic carbocycles. The van der Waals surface area contributed by atoms with E-state index < -0.39 is 0 Å².